The lowest BCUT2D eigenvalue weighted by atomic mass is 9.47. The predicted octanol–water partition coefficient (Wildman–Crippen LogP) is 10.5. The van der Waals surface area contributed by atoms with Crippen molar-refractivity contribution >= 4 is 5.97 Å². The van der Waals surface area contributed by atoms with Gasteiger partial charge >= 0.3 is 5.97 Å². The van der Waals surface area contributed by atoms with Gasteiger partial charge in [0.2, 0.25) is 0 Å². The lowest BCUT2D eigenvalue weighted by Crippen LogP contribution is -2.51. The molecule has 4 aliphatic carbocycles. The SMILES string of the molecule is C/C=C(\CC[C@@H](C)[C@H]1CC[C@H]2[C@@H]3CC=C4C[C@@H](OC(=O)CCCCCC)CC[C@]4(C)[C@H]3CC[C@]12C)C(C)C. The van der Waals surface area contributed by atoms with E-state index in [1.54, 1.807) is 11.1 Å². The highest BCUT2D eigenvalue weighted by atomic mass is 16.5. The fourth-order valence-electron chi connectivity index (χ4n) is 10.0. The molecule has 0 aromatic carbocycles. The second-order valence-corrected chi connectivity index (χ2v) is 14.7. The molecule has 0 heterocycles. The van der Waals surface area contributed by atoms with E-state index in [0.717, 1.165) is 55.3 Å². The van der Waals surface area contributed by atoms with Crippen LogP contribution in [-0.4, -0.2) is 12.1 Å². The van der Waals surface area contributed by atoms with Gasteiger partial charge in [0, 0.05) is 12.8 Å². The molecule has 0 bridgehead atoms. The van der Waals surface area contributed by atoms with E-state index in [0.29, 0.717) is 23.2 Å². The van der Waals surface area contributed by atoms with Crippen LogP contribution in [0.15, 0.2) is 23.3 Å². The largest absolute Gasteiger partial charge is 0.462 e. The van der Waals surface area contributed by atoms with Crippen molar-refractivity contribution in [2.75, 3.05) is 0 Å². The molecule has 2 heteroatoms. The average molecular weight is 525 g/mol. The van der Waals surface area contributed by atoms with Crippen LogP contribution in [0.5, 0.6) is 0 Å². The molecule has 4 rings (SSSR count). The summed E-state index contributed by atoms with van der Waals surface area (Å²) in [6.07, 6.45) is 23.2. The van der Waals surface area contributed by atoms with Crippen molar-refractivity contribution in [2.45, 2.75) is 151 Å². The Balaban J connectivity index is 1.37. The molecular weight excluding hydrogens is 464 g/mol. The first-order valence-electron chi connectivity index (χ1n) is 16.7. The Bertz CT molecular complexity index is 867. The predicted molar refractivity (Wildman–Crippen MR) is 161 cm³/mol. The molecule has 0 unspecified atom stereocenters. The number of unbranched alkanes of at least 4 members (excludes halogenated alkanes) is 3. The molecule has 0 saturated heterocycles. The molecule has 0 aliphatic heterocycles. The van der Waals surface area contributed by atoms with Gasteiger partial charge in [0.05, 0.1) is 0 Å². The lowest BCUT2D eigenvalue weighted by molar-refractivity contribution is -0.151. The molecule has 3 fully saturated rings. The highest BCUT2D eigenvalue weighted by Gasteiger charge is 2.59. The number of esters is 1. The van der Waals surface area contributed by atoms with Gasteiger partial charge in [0.25, 0.3) is 0 Å². The molecule has 0 spiro atoms. The van der Waals surface area contributed by atoms with Gasteiger partial charge in [-0.25, -0.2) is 0 Å². The maximum Gasteiger partial charge on any atom is 0.306 e. The number of rotatable bonds is 11. The van der Waals surface area contributed by atoms with Gasteiger partial charge in [0.1, 0.15) is 6.10 Å². The van der Waals surface area contributed by atoms with E-state index in [9.17, 15) is 4.79 Å². The summed E-state index contributed by atoms with van der Waals surface area (Å²) in [5.41, 5.74) is 4.14. The van der Waals surface area contributed by atoms with Gasteiger partial charge in [-0.05, 0) is 117 Å². The second kappa shape index (κ2) is 12.6. The third-order valence-corrected chi connectivity index (χ3v) is 12.4. The lowest BCUT2D eigenvalue weighted by Gasteiger charge is -2.58. The van der Waals surface area contributed by atoms with Crippen molar-refractivity contribution in [3.63, 3.8) is 0 Å². The monoisotopic (exact) mass is 524 g/mol. The minimum Gasteiger partial charge on any atom is -0.462 e. The molecule has 3 saturated carbocycles. The van der Waals surface area contributed by atoms with Crippen LogP contribution >= 0.6 is 0 Å². The molecule has 0 N–H and O–H groups in total. The summed E-state index contributed by atoms with van der Waals surface area (Å²) in [6, 6.07) is 0. The van der Waals surface area contributed by atoms with Crippen LogP contribution in [0.3, 0.4) is 0 Å². The number of carbonyl (C=O) groups excluding carboxylic acids is 1. The van der Waals surface area contributed by atoms with Crippen LogP contribution < -0.4 is 0 Å². The third kappa shape index (κ3) is 6.00. The smallest absolute Gasteiger partial charge is 0.306 e. The van der Waals surface area contributed by atoms with Crippen molar-refractivity contribution in [1.29, 1.82) is 0 Å². The zero-order valence-corrected chi connectivity index (χ0v) is 26.1. The third-order valence-electron chi connectivity index (χ3n) is 12.4. The standard InChI is InChI=1S/C36H60O2/c1-8-10-11-12-13-34(37)38-29-20-22-35(6)28(24-29)16-17-30-32-19-18-31(36(32,7)23-21-33(30)35)26(5)14-15-27(9-2)25(3)4/h9,16,25-26,29-33H,8,10-15,17-24H2,1-7H3/b27-9+/t26-,29+,30+,31-,32+,33+,35+,36-/m1/s1. The highest BCUT2D eigenvalue weighted by molar-refractivity contribution is 5.69. The molecule has 2 nitrogen and oxygen atoms in total. The molecule has 0 aromatic rings. The first-order chi connectivity index (χ1) is 18.1. The summed E-state index contributed by atoms with van der Waals surface area (Å²) in [4.78, 5) is 12.5. The van der Waals surface area contributed by atoms with Gasteiger partial charge in [-0.1, -0.05) is 84.1 Å². The van der Waals surface area contributed by atoms with Crippen LogP contribution in [-0.2, 0) is 9.53 Å². The summed E-state index contributed by atoms with van der Waals surface area (Å²) < 4.78 is 6.01. The van der Waals surface area contributed by atoms with E-state index in [1.807, 2.05) is 0 Å². The highest BCUT2D eigenvalue weighted by Crippen LogP contribution is 2.67. The van der Waals surface area contributed by atoms with Crippen LogP contribution in [0, 0.1) is 46.3 Å². The van der Waals surface area contributed by atoms with Crippen molar-refractivity contribution in [2.24, 2.45) is 46.3 Å². The van der Waals surface area contributed by atoms with E-state index >= 15 is 0 Å². The quantitative estimate of drug-likeness (QED) is 0.153. The molecule has 0 amide bonds. The zero-order valence-electron chi connectivity index (χ0n) is 26.1. The van der Waals surface area contributed by atoms with Crippen molar-refractivity contribution in [1.82, 2.24) is 0 Å². The van der Waals surface area contributed by atoms with Crippen molar-refractivity contribution in [3.05, 3.63) is 23.3 Å². The average Bonchev–Trinajstić information content (AvgIpc) is 3.24. The normalized spacial score (nSPS) is 37.7. The van der Waals surface area contributed by atoms with Crippen LogP contribution in [0.1, 0.15) is 145 Å². The molecule has 0 radical (unpaired) electrons. The molecule has 216 valence electrons. The summed E-state index contributed by atoms with van der Waals surface area (Å²) in [6.45, 7) is 17.0. The number of fused-ring (bicyclic) bond motifs is 5. The Morgan fingerprint density at radius 3 is 2.53 bits per heavy atom. The van der Waals surface area contributed by atoms with E-state index in [2.05, 4.69) is 60.6 Å². The summed E-state index contributed by atoms with van der Waals surface area (Å²) in [7, 11) is 0. The van der Waals surface area contributed by atoms with Gasteiger partial charge < -0.3 is 4.74 Å². The Morgan fingerprint density at radius 1 is 1.03 bits per heavy atom. The first kappa shape index (κ1) is 29.9. The Labute approximate surface area is 235 Å². The fraction of sp³-hybridized carbons (Fsp3) is 0.861. The van der Waals surface area contributed by atoms with Crippen molar-refractivity contribution in [3.8, 4) is 0 Å². The molecular formula is C36H60O2. The number of hydrogen-bond acceptors (Lipinski definition) is 2. The number of allylic oxidation sites excluding steroid dienone is 3. The van der Waals surface area contributed by atoms with E-state index < -0.39 is 0 Å². The summed E-state index contributed by atoms with van der Waals surface area (Å²) in [5, 5.41) is 0. The van der Waals surface area contributed by atoms with Gasteiger partial charge in [-0.3, -0.25) is 4.79 Å². The van der Waals surface area contributed by atoms with E-state index in [1.165, 1.54) is 64.2 Å². The molecule has 0 aromatic heterocycles. The Morgan fingerprint density at radius 2 is 1.82 bits per heavy atom. The topological polar surface area (TPSA) is 26.3 Å². The zero-order chi connectivity index (χ0) is 27.5. The molecule has 8 atom stereocenters. The number of carbonyl (C=O) groups is 1. The van der Waals surface area contributed by atoms with Crippen LogP contribution in [0.4, 0.5) is 0 Å². The second-order valence-electron chi connectivity index (χ2n) is 14.7. The molecule has 38 heavy (non-hydrogen) atoms. The van der Waals surface area contributed by atoms with Crippen LogP contribution in [0.2, 0.25) is 0 Å². The summed E-state index contributed by atoms with van der Waals surface area (Å²) >= 11 is 0. The minimum atomic E-state index is 0.0403. The maximum absolute atomic E-state index is 12.5. The maximum atomic E-state index is 12.5. The van der Waals surface area contributed by atoms with E-state index in [-0.39, 0.29) is 12.1 Å². The van der Waals surface area contributed by atoms with Gasteiger partial charge in [-0.2, -0.15) is 0 Å². The van der Waals surface area contributed by atoms with Crippen LogP contribution in [0.25, 0.3) is 0 Å². The Hall–Kier alpha value is -1.05. The number of hydrogen-bond donors (Lipinski definition) is 0. The van der Waals surface area contributed by atoms with E-state index in [4.69, 9.17) is 4.74 Å². The first-order valence-corrected chi connectivity index (χ1v) is 16.7. The number of ether oxygens (including phenoxy) is 1. The van der Waals surface area contributed by atoms with Crippen molar-refractivity contribution < 1.29 is 9.53 Å². The summed E-state index contributed by atoms with van der Waals surface area (Å²) in [5.74, 6) is 5.03. The Kier molecular flexibility index (Phi) is 9.95. The van der Waals surface area contributed by atoms with Gasteiger partial charge in [-0.15, -0.1) is 0 Å². The minimum absolute atomic E-state index is 0.0403. The van der Waals surface area contributed by atoms with Gasteiger partial charge in [0.15, 0.2) is 0 Å². The molecule has 4 aliphatic rings. The fourth-order valence-corrected chi connectivity index (χ4v) is 10.0.